The molecule has 86 valence electrons. The van der Waals surface area contributed by atoms with Gasteiger partial charge in [-0.15, -0.1) is 22.9 Å². The molecule has 1 heterocycles. The Morgan fingerprint density at radius 3 is 2.47 bits per heavy atom. The Balaban J connectivity index is 2.28. The van der Waals surface area contributed by atoms with Crippen molar-refractivity contribution in [1.82, 2.24) is 0 Å². The second-order valence-corrected chi connectivity index (χ2v) is 7.26. The van der Waals surface area contributed by atoms with Crippen LogP contribution in [0.1, 0.15) is 38.5 Å². The molecule has 0 saturated carbocycles. The summed E-state index contributed by atoms with van der Waals surface area (Å²) in [6.07, 6.45) is 3.31. The van der Waals surface area contributed by atoms with E-state index in [0.717, 1.165) is 23.6 Å². The molecule has 0 aliphatic heterocycles. The van der Waals surface area contributed by atoms with E-state index in [2.05, 4.69) is 26.8 Å². The summed E-state index contributed by atoms with van der Waals surface area (Å²) in [6.45, 7) is 6.56. The molecule has 15 heavy (non-hydrogen) atoms. The van der Waals surface area contributed by atoms with Gasteiger partial charge in [0.05, 0.1) is 4.34 Å². The Kier molecular flexibility index (Phi) is 4.95. The van der Waals surface area contributed by atoms with Gasteiger partial charge in [0, 0.05) is 10.3 Å². The molecule has 0 aliphatic rings. The quantitative estimate of drug-likeness (QED) is 0.641. The van der Waals surface area contributed by atoms with Crippen LogP contribution in [0, 0.1) is 5.41 Å². The van der Waals surface area contributed by atoms with E-state index in [1.54, 1.807) is 11.3 Å². The van der Waals surface area contributed by atoms with E-state index in [1.807, 2.05) is 6.07 Å². The zero-order valence-corrected chi connectivity index (χ0v) is 11.8. The van der Waals surface area contributed by atoms with Crippen molar-refractivity contribution in [3.05, 3.63) is 21.3 Å². The topological polar surface area (TPSA) is 0 Å². The summed E-state index contributed by atoms with van der Waals surface area (Å²) in [6, 6.07) is 4.07. The summed E-state index contributed by atoms with van der Waals surface area (Å²) < 4.78 is 0.878. The van der Waals surface area contributed by atoms with Gasteiger partial charge >= 0.3 is 0 Å². The highest BCUT2D eigenvalue weighted by Crippen LogP contribution is 2.29. The number of hydrogen-bond acceptors (Lipinski definition) is 1. The molecule has 0 aliphatic carbocycles. The Labute approximate surface area is 107 Å². The molecule has 1 rings (SSSR count). The number of rotatable bonds is 4. The average Bonchev–Trinajstić information content (AvgIpc) is 2.49. The van der Waals surface area contributed by atoms with Crippen LogP contribution in [0.25, 0.3) is 0 Å². The van der Waals surface area contributed by atoms with Crippen molar-refractivity contribution in [3.8, 4) is 0 Å². The van der Waals surface area contributed by atoms with Crippen molar-refractivity contribution in [2.24, 2.45) is 5.41 Å². The lowest BCUT2D eigenvalue weighted by Crippen LogP contribution is -2.20. The zero-order chi connectivity index (χ0) is 11.5. The number of halogens is 2. The molecule has 1 unspecified atom stereocenters. The summed E-state index contributed by atoms with van der Waals surface area (Å²) in [4.78, 5) is 1.36. The third-order valence-corrected chi connectivity index (χ3v) is 4.61. The second-order valence-electron chi connectivity index (χ2n) is 4.93. The van der Waals surface area contributed by atoms with E-state index >= 15 is 0 Å². The van der Waals surface area contributed by atoms with Gasteiger partial charge < -0.3 is 0 Å². The van der Waals surface area contributed by atoms with E-state index in [4.69, 9.17) is 23.2 Å². The van der Waals surface area contributed by atoms with Gasteiger partial charge in [-0.3, -0.25) is 0 Å². The van der Waals surface area contributed by atoms with Crippen molar-refractivity contribution in [2.45, 2.75) is 45.4 Å². The van der Waals surface area contributed by atoms with Crippen molar-refractivity contribution in [3.63, 3.8) is 0 Å². The molecule has 1 aromatic rings. The van der Waals surface area contributed by atoms with Gasteiger partial charge in [-0.1, -0.05) is 32.4 Å². The van der Waals surface area contributed by atoms with E-state index in [-0.39, 0.29) is 10.8 Å². The van der Waals surface area contributed by atoms with Crippen LogP contribution < -0.4 is 0 Å². The van der Waals surface area contributed by atoms with Crippen LogP contribution in [0.2, 0.25) is 4.34 Å². The van der Waals surface area contributed by atoms with Gasteiger partial charge in [-0.25, -0.2) is 0 Å². The maximum atomic E-state index is 6.31. The monoisotopic (exact) mass is 264 g/mol. The Morgan fingerprint density at radius 1 is 1.33 bits per heavy atom. The molecule has 0 N–H and O–H groups in total. The van der Waals surface area contributed by atoms with Crippen LogP contribution in [-0.4, -0.2) is 5.38 Å². The van der Waals surface area contributed by atoms with E-state index in [0.29, 0.717) is 0 Å². The lowest BCUT2D eigenvalue weighted by atomic mass is 9.89. The lowest BCUT2D eigenvalue weighted by molar-refractivity contribution is 0.369. The van der Waals surface area contributed by atoms with Crippen LogP contribution in [-0.2, 0) is 6.42 Å². The van der Waals surface area contributed by atoms with Gasteiger partial charge in [0.2, 0.25) is 0 Å². The summed E-state index contributed by atoms with van der Waals surface area (Å²) in [5, 5.41) is 0.257. The van der Waals surface area contributed by atoms with Crippen LogP contribution >= 0.6 is 34.5 Å². The Hall–Kier alpha value is 0.280. The maximum absolute atomic E-state index is 6.31. The van der Waals surface area contributed by atoms with E-state index < -0.39 is 0 Å². The third kappa shape index (κ3) is 4.76. The number of alkyl halides is 1. The molecular formula is C12H18Cl2S. The minimum Gasteiger partial charge on any atom is -0.128 e. The molecule has 0 spiro atoms. The molecule has 1 atom stereocenters. The highest BCUT2D eigenvalue weighted by Gasteiger charge is 2.21. The minimum absolute atomic E-state index is 0.203. The zero-order valence-electron chi connectivity index (χ0n) is 9.52. The van der Waals surface area contributed by atoms with Crippen molar-refractivity contribution in [2.75, 3.05) is 0 Å². The highest BCUT2D eigenvalue weighted by atomic mass is 35.5. The first-order valence-corrected chi connectivity index (χ1v) is 6.91. The minimum atomic E-state index is 0.203. The third-order valence-electron chi connectivity index (χ3n) is 2.45. The molecule has 0 saturated heterocycles. The van der Waals surface area contributed by atoms with Crippen LogP contribution in [0.5, 0.6) is 0 Å². The van der Waals surface area contributed by atoms with Crippen LogP contribution in [0.4, 0.5) is 0 Å². The highest BCUT2D eigenvalue weighted by molar-refractivity contribution is 7.16. The summed E-state index contributed by atoms with van der Waals surface area (Å²) in [5.41, 5.74) is 0.203. The first kappa shape index (κ1) is 13.3. The smallest absolute Gasteiger partial charge is 0.0931 e. The fourth-order valence-corrected chi connectivity index (χ4v) is 2.66. The normalized spacial score (nSPS) is 14.2. The fraction of sp³-hybridized carbons (Fsp3) is 0.667. The number of hydrogen-bond donors (Lipinski definition) is 0. The summed E-state index contributed by atoms with van der Waals surface area (Å²) >= 11 is 13.8. The van der Waals surface area contributed by atoms with Gasteiger partial charge in [-0.05, 0) is 36.8 Å². The maximum Gasteiger partial charge on any atom is 0.0931 e. The average molecular weight is 265 g/mol. The molecule has 1 aromatic heterocycles. The molecule has 0 aromatic carbocycles. The molecule has 3 heteroatoms. The van der Waals surface area contributed by atoms with Gasteiger partial charge in [-0.2, -0.15) is 0 Å². The molecule has 0 bridgehead atoms. The summed E-state index contributed by atoms with van der Waals surface area (Å²) in [7, 11) is 0. The standard InChI is InChI=1S/C12H18Cl2S/c1-12(2,3)10(13)6-4-5-9-7-8-11(14)15-9/h7-8,10H,4-6H2,1-3H3. The summed E-state index contributed by atoms with van der Waals surface area (Å²) in [5.74, 6) is 0. The van der Waals surface area contributed by atoms with Crippen molar-refractivity contribution in [1.29, 1.82) is 0 Å². The first-order chi connectivity index (χ1) is 6.89. The van der Waals surface area contributed by atoms with E-state index in [1.165, 1.54) is 4.88 Å². The molecule has 0 amide bonds. The predicted octanol–water partition coefficient (Wildman–Crippen LogP) is 5.38. The van der Waals surface area contributed by atoms with Crippen LogP contribution in [0.3, 0.4) is 0 Å². The largest absolute Gasteiger partial charge is 0.128 e. The molecule has 0 nitrogen and oxygen atoms in total. The molecule has 0 fully saturated rings. The first-order valence-electron chi connectivity index (χ1n) is 5.28. The Bertz CT molecular complexity index is 299. The second kappa shape index (κ2) is 5.56. The van der Waals surface area contributed by atoms with Gasteiger partial charge in [0.25, 0.3) is 0 Å². The predicted molar refractivity (Wildman–Crippen MR) is 71.4 cm³/mol. The molecular weight excluding hydrogens is 247 g/mol. The molecule has 0 radical (unpaired) electrons. The van der Waals surface area contributed by atoms with Crippen molar-refractivity contribution < 1.29 is 0 Å². The number of thiophene rings is 1. The Morgan fingerprint density at radius 2 is 2.00 bits per heavy atom. The van der Waals surface area contributed by atoms with Gasteiger partial charge in [0.1, 0.15) is 0 Å². The lowest BCUT2D eigenvalue weighted by Gasteiger charge is -2.24. The van der Waals surface area contributed by atoms with Crippen molar-refractivity contribution >= 4 is 34.5 Å². The van der Waals surface area contributed by atoms with Gasteiger partial charge in [0.15, 0.2) is 0 Å². The van der Waals surface area contributed by atoms with E-state index in [9.17, 15) is 0 Å². The van der Waals surface area contributed by atoms with Crippen LogP contribution in [0.15, 0.2) is 12.1 Å². The fourth-order valence-electron chi connectivity index (χ4n) is 1.37. The number of aryl methyl sites for hydroxylation is 1. The SMILES string of the molecule is CC(C)(C)C(Cl)CCCc1ccc(Cl)s1.